The quantitative estimate of drug-likeness (QED) is 0.668. The molecular formula is C21H18ClN3O3. The Morgan fingerprint density at radius 3 is 2.61 bits per heavy atom. The van der Waals surface area contributed by atoms with Crippen molar-refractivity contribution in [2.45, 2.75) is 19.9 Å². The minimum Gasteiger partial charge on any atom is -0.462 e. The fourth-order valence-electron chi connectivity index (χ4n) is 3.53. The van der Waals surface area contributed by atoms with E-state index in [-0.39, 0.29) is 5.91 Å². The smallest absolute Gasteiger partial charge is 0.338 e. The summed E-state index contributed by atoms with van der Waals surface area (Å²) in [5.41, 5.74) is 3.92. The van der Waals surface area contributed by atoms with Crippen LogP contribution in [0, 0.1) is 6.92 Å². The zero-order valence-electron chi connectivity index (χ0n) is 15.4. The molecule has 1 amide bonds. The van der Waals surface area contributed by atoms with E-state index >= 15 is 0 Å². The number of carbonyl (C=O) groups excluding carboxylic acids is 2. The van der Waals surface area contributed by atoms with Crippen LogP contribution in [0.3, 0.4) is 0 Å². The predicted molar refractivity (Wildman–Crippen MR) is 106 cm³/mol. The fraction of sp³-hybridized carbons (Fsp3) is 0.190. The zero-order chi connectivity index (χ0) is 19.8. The third-order valence-electron chi connectivity index (χ3n) is 4.80. The number of halogens is 1. The van der Waals surface area contributed by atoms with E-state index in [9.17, 15) is 9.59 Å². The van der Waals surface area contributed by atoms with E-state index in [4.69, 9.17) is 16.3 Å². The SMILES string of the molecule is CCOC(=O)c1ccc(N2C(=O)c3n[nH]c(C)c3C2c2ccccc2Cl)cc1. The number of aryl methyl sites for hydroxylation is 1. The Kier molecular flexibility index (Phi) is 4.65. The molecule has 0 aliphatic carbocycles. The van der Waals surface area contributed by atoms with Crippen molar-refractivity contribution in [3.63, 3.8) is 0 Å². The fourth-order valence-corrected chi connectivity index (χ4v) is 3.77. The Labute approximate surface area is 167 Å². The summed E-state index contributed by atoms with van der Waals surface area (Å²) in [5, 5.41) is 7.66. The Morgan fingerprint density at radius 2 is 1.93 bits per heavy atom. The number of benzene rings is 2. The second-order valence-corrected chi connectivity index (χ2v) is 6.88. The number of nitrogens with zero attached hydrogens (tertiary/aromatic N) is 2. The minimum atomic E-state index is -0.400. The first-order chi connectivity index (χ1) is 13.5. The molecule has 142 valence electrons. The molecule has 3 aromatic rings. The Morgan fingerprint density at radius 1 is 1.21 bits per heavy atom. The van der Waals surface area contributed by atoms with Crippen LogP contribution in [0.25, 0.3) is 0 Å². The second-order valence-electron chi connectivity index (χ2n) is 6.48. The van der Waals surface area contributed by atoms with Crippen molar-refractivity contribution in [1.82, 2.24) is 10.2 Å². The number of anilines is 1. The van der Waals surface area contributed by atoms with Gasteiger partial charge in [-0.1, -0.05) is 29.8 Å². The third-order valence-corrected chi connectivity index (χ3v) is 5.15. The number of esters is 1. The van der Waals surface area contributed by atoms with E-state index in [0.717, 1.165) is 16.8 Å². The van der Waals surface area contributed by atoms with Crippen LogP contribution in [-0.2, 0) is 4.74 Å². The van der Waals surface area contributed by atoms with Gasteiger partial charge in [-0.2, -0.15) is 5.10 Å². The van der Waals surface area contributed by atoms with Gasteiger partial charge >= 0.3 is 5.97 Å². The van der Waals surface area contributed by atoms with E-state index in [1.54, 1.807) is 42.2 Å². The molecule has 1 aromatic heterocycles. The highest BCUT2D eigenvalue weighted by Crippen LogP contribution is 2.44. The molecule has 0 fully saturated rings. The van der Waals surface area contributed by atoms with Crippen LogP contribution in [0.2, 0.25) is 5.02 Å². The highest BCUT2D eigenvalue weighted by Gasteiger charge is 2.43. The van der Waals surface area contributed by atoms with Gasteiger partial charge in [0, 0.05) is 22.0 Å². The van der Waals surface area contributed by atoms with Crippen molar-refractivity contribution in [2.75, 3.05) is 11.5 Å². The molecule has 0 spiro atoms. The zero-order valence-corrected chi connectivity index (χ0v) is 16.2. The third kappa shape index (κ3) is 2.86. The van der Waals surface area contributed by atoms with Gasteiger partial charge in [-0.25, -0.2) is 4.79 Å². The lowest BCUT2D eigenvalue weighted by atomic mass is 9.98. The highest BCUT2D eigenvalue weighted by atomic mass is 35.5. The molecule has 0 radical (unpaired) electrons. The first-order valence-corrected chi connectivity index (χ1v) is 9.30. The average molecular weight is 396 g/mol. The number of hydrogen-bond donors (Lipinski definition) is 1. The molecule has 1 aliphatic rings. The summed E-state index contributed by atoms with van der Waals surface area (Å²) in [7, 11) is 0. The molecule has 6 nitrogen and oxygen atoms in total. The molecule has 0 bridgehead atoms. The summed E-state index contributed by atoms with van der Waals surface area (Å²) in [5.74, 6) is -0.610. The summed E-state index contributed by atoms with van der Waals surface area (Å²) in [6.07, 6.45) is 0. The van der Waals surface area contributed by atoms with Crippen LogP contribution < -0.4 is 4.90 Å². The first kappa shape index (κ1) is 18.3. The standard InChI is InChI=1S/C21H18ClN3O3/c1-3-28-21(27)13-8-10-14(11-9-13)25-19(15-6-4-5-7-16(15)22)17-12(2)23-24-18(17)20(25)26/h4-11,19H,3H2,1-2H3,(H,23,24). The molecule has 2 aromatic carbocycles. The maximum absolute atomic E-state index is 13.1. The van der Waals surface area contributed by atoms with Crippen LogP contribution in [0.4, 0.5) is 5.69 Å². The lowest BCUT2D eigenvalue weighted by Crippen LogP contribution is -2.29. The van der Waals surface area contributed by atoms with Gasteiger partial charge in [0.2, 0.25) is 0 Å². The van der Waals surface area contributed by atoms with Crippen LogP contribution >= 0.6 is 11.6 Å². The van der Waals surface area contributed by atoms with E-state index in [2.05, 4.69) is 10.2 Å². The number of rotatable bonds is 4. The average Bonchev–Trinajstić information content (AvgIpc) is 3.21. The molecule has 1 N–H and O–H groups in total. The lowest BCUT2D eigenvalue weighted by molar-refractivity contribution is 0.0526. The van der Waals surface area contributed by atoms with Crippen molar-refractivity contribution >= 4 is 29.2 Å². The molecule has 1 unspecified atom stereocenters. The predicted octanol–water partition coefficient (Wildman–Crippen LogP) is 4.30. The van der Waals surface area contributed by atoms with Crippen molar-refractivity contribution in [3.8, 4) is 0 Å². The van der Waals surface area contributed by atoms with Crippen molar-refractivity contribution < 1.29 is 14.3 Å². The monoisotopic (exact) mass is 395 g/mol. The van der Waals surface area contributed by atoms with Gasteiger partial charge in [-0.15, -0.1) is 0 Å². The molecule has 2 heterocycles. The second kappa shape index (κ2) is 7.13. The summed E-state index contributed by atoms with van der Waals surface area (Å²) in [4.78, 5) is 26.7. The summed E-state index contributed by atoms with van der Waals surface area (Å²) in [6, 6.07) is 13.8. The molecule has 28 heavy (non-hydrogen) atoms. The van der Waals surface area contributed by atoms with Gasteiger partial charge in [-0.05, 0) is 49.7 Å². The molecule has 1 atom stereocenters. The maximum Gasteiger partial charge on any atom is 0.338 e. The van der Waals surface area contributed by atoms with Gasteiger partial charge in [0.05, 0.1) is 18.2 Å². The number of amides is 1. The van der Waals surface area contributed by atoms with Crippen LogP contribution in [0.15, 0.2) is 48.5 Å². The van der Waals surface area contributed by atoms with Crippen molar-refractivity contribution in [1.29, 1.82) is 0 Å². The summed E-state index contributed by atoms with van der Waals surface area (Å²) >= 11 is 6.46. The number of aromatic nitrogens is 2. The van der Waals surface area contributed by atoms with Crippen LogP contribution in [0.5, 0.6) is 0 Å². The van der Waals surface area contributed by atoms with Crippen molar-refractivity contribution in [2.24, 2.45) is 0 Å². The van der Waals surface area contributed by atoms with E-state index < -0.39 is 12.0 Å². The normalized spacial score (nSPS) is 15.6. The van der Waals surface area contributed by atoms with Gasteiger partial charge in [0.25, 0.3) is 5.91 Å². The Hall–Kier alpha value is -3.12. The minimum absolute atomic E-state index is 0.215. The molecule has 4 rings (SSSR count). The Bertz CT molecular complexity index is 1060. The number of H-pyrrole nitrogens is 1. The van der Waals surface area contributed by atoms with E-state index in [1.165, 1.54) is 0 Å². The number of nitrogens with one attached hydrogen (secondary N) is 1. The van der Waals surface area contributed by atoms with Crippen LogP contribution in [-0.4, -0.2) is 28.7 Å². The summed E-state index contributed by atoms with van der Waals surface area (Å²) in [6.45, 7) is 3.95. The van der Waals surface area contributed by atoms with E-state index in [1.807, 2.05) is 25.1 Å². The van der Waals surface area contributed by atoms with E-state index in [0.29, 0.717) is 28.6 Å². The van der Waals surface area contributed by atoms with Gasteiger partial charge in [-0.3, -0.25) is 14.8 Å². The molecule has 7 heteroatoms. The molecular weight excluding hydrogens is 378 g/mol. The topological polar surface area (TPSA) is 75.3 Å². The lowest BCUT2D eigenvalue weighted by Gasteiger charge is -2.27. The molecule has 1 aliphatic heterocycles. The highest BCUT2D eigenvalue weighted by molar-refractivity contribution is 6.31. The maximum atomic E-state index is 13.1. The molecule has 0 saturated carbocycles. The van der Waals surface area contributed by atoms with Gasteiger partial charge in [0.1, 0.15) is 0 Å². The van der Waals surface area contributed by atoms with Gasteiger partial charge in [0.15, 0.2) is 5.69 Å². The first-order valence-electron chi connectivity index (χ1n) is 8.93. The van der Waals surface area contributed by atoms with Crippen molar-refractivity contribution in [3.05, 3.63) is 81.6 Å². The number of carbonyl (C=O) groups is 2. The largest absolute Gasteiger partial charge is 0.462 e. The summed E-state index contributed by atoms with van der Waals surface area (Å²) < 4.78 is 5.02. The molecule has 0 saturated heterocycles. The van der Waals surface area contributed by atoms with Crippen LogP contribution in [0.1, 0.15) is 50.6 Å². The Balaban J connectivity index is 1.80. The number of aromatic amines is 1. The van der Waals surface area contributed by atoms with Gasteiger partial charge < -0.3 is 4.74 Å². The number of ether oxygens (including phenoxy) is 1. The number of fused-ring (bicyclic) bond motifs is 1. The number of hydrogen-bond acceptors (Lipinski definition) is 4.